The summed E-state index contributed by atoms with van der Waals surface area (Å²) >= 11 is 0. The smallest absolute Gasteiger partial charge is 0.0694 e. The number of rotatable bonds is 6. The molecule has 0 radical (unpaired) electrons. The summed E-state index contributed by atoms with van der Waals surface area (Å²) in [5.74, 6) is 0. The summed E-state index contributed by atoms with van der Waals surface area (Å²) in [6.07, 6.45) is 6.96. The summed E-state index contributed by atoms with van der Waals surface area (Å²) in [6.45, 7) is 8.70. The quantitative estimate of drug-likeness (QED) is 0.512. The van der Waals surface area contributed by atoms with Gasteiger partial charge >= 0.3 is 0 Å². The van der Waals surface area contributed by atoms with Crippen LogP contribution in [0.2, 0.25) is 0 Å². The molecule has 0 atom stereocenters. The highest BCUT2D eigenvalue weighted by Crippen LogP contribution is 2.36. The molecule has 0 saturated carbocycles. The molecule has 0 aromatic heterocycles. The Labute approximate surface area is 213 Å². The molecule has 4 nitrogen and oxygen atoms in total. The van der Waals surface area contributed by atoms with Crippen molar-refractivity contribution in [1.29, 1.82) is 10.5 Å². The largest absolute Gasteiger partial charge is 0.306 e. The molecule has 186 valence electrons. The van der Waals surface area contributed by atoms with Crippen molar-refractivity contribution in [2.75, 3.05) is 33.2 Å². The Kier molecular flexibility index (Phi) is 9.91. The van der Waals surface area contributed by atoms with Crippen LogP contribution in [0.4, 0.5) is 0 Å². The Bertz CT molecular complexity index is 955. The van der Waals surface area contributed by atoms with Crippen molar-refractivity contribution in [2.24, 2.45) is 10.8 Å². The van der Waals surface area contributed by atoms with E-state index in [-0.39, 0.29) is 10.8 Å². The van der Waals surface area contributed by atoms with Gasteiger partial charge in [0, 0.05) is 6.04 Å². The van der Waals surface area contributed by atoms with Gasteiger partial charge in [0.2, 0.25) is 0 Å². The van der Waals surface area contributed by atoms with Crippen molar-refractivity contribution >= 4 is 0 Å². The molecule has 2 saturated heterocycles. The first-order valence-electron chi connectivity index (χ1n) is 13.2. The van der Waals surface area contributed by atoms with Crippen LogP contribution in [-0.4, -0.2) is 49.1 Å². The zero-order valence-electron chi connectivity index (χ0n) is 21.9. The highest BCUT2D eigenvalue weighted by Gasteiger charge is 2.35. The molecule has 0 amide bonds. The number of aryl methyl sites for hydroxylation is 1. The van der Waals surface area contributed by atoms with E-state index < -0.39 is 0 Å². The van der Waals surface area contributed by atoms with Crippen LogP contribution in [0.5, 0.6) is 0 Å². The molecule has 2 aliphatic rings. The first-order valence-corrected chi connectivity index (χ1v) is 13.2. The zero-order chi connectivity index (χ0) is 25.2. The van der Waals surface area contributed by atoms with Crippen LogP contribution in [0.25, 0.3) is 0 Å². The van der Waals surface area contributed by atoms with E-state index in [4.69, 9.17) is 0 Å². The molecular weight excluding hydrogens is 428 g/mol. The van der Waals surface area contributed by atoms with Gasteiger partial charge in [-0.2, -0.15) is 10.5 Å². The molecule has 0 spiro atoms. The maximum Gasteiger partial charge on any atom is 0.0694 e. The average Bonchev–Trinajstić information content (AvgIpc) is 2.91. The monoisotopic (exact) mass is 470 g/mol. The van der Waals surface area contributed by atoms with Crippen LogP contribution < -0.4 is 0 Å². The number of hydrogen-bond acceptors (Lipinski definition) is 4. The second kappa shape index (κ2) is 12.9. The summed E-state index contributed by atoms with van der Waals surface area (Å²) in [4.78, 5) is 4.79. The number of nitrogens with zero attached hydrogens (tertiary/aromatic N) is 4. The van der Waals surface area contributed by atoms with E-state index in [1.165, 1.54) is 11.1 Å². The summed E-state index contributed by atoms with van der Waals surface area (Å²) in [6, 6.07) is 26.7. The van der Waals surface area contributed by atoms with Crippen molar-refractivity contribution in [1.82, 2.24) is 9.80 Å². The van der Waals surface area contributed by atoms with Gasteiger partial charge in [0.25, 0.3) is 0 Å². The third kappa shape index (κ3) is 7.93. The molecule has 2 aromatic rings. The van der Waals surface area contributed by atoms with E-state index in [9.17, 15) is 10.5 Å². The fourth-order valence-electron chi connectivity index (χ4n) is 5.28. The highest BCUT2D eigenvalue weighted by molar-refractivity contribution is 5.20. The van der Waals surface area contributed by atoms with Crippen LogP contribution in [0.3, 0.4) is 0 Å². The second-order valence-electron chi connectivity index (χ2n) is 10.9. The predicted molar refractivity (Wildman–Crippen MR) is 144 cm³/mol. The third-order valence-corrected chi connectivity index (χ3v) is 8.02. The van der Waals surface area contributed by atoms with Crippen molar-refractivity contribution in [3.63, 3.8) is 0 Å². The summed E-state index contributed by atoms with van der Waals surface area (Å²) < 4.78 is 0. The van der Waals surface area contributed by atoms with Crippen molar-refractivity contribution in [2.45, 2.75) is 64.8 Å². The lowest BCUT2D eigenvalue weighted by Crippen LogP contribution is -2.43. The molecule has 2 heterocycles. The van der Waals surface area contributed by atoms with Gasteiger partial charge in [0.1, 0.15) is 0 Å². The van der Waals surface area contributed by atoms with Gasteiger partial charge in [-0.05, 0) is 103 Å². The summed E-state index contributed by atoms with van der Waals surface area (Å²) in [5.41, 5.74) is 2.41. The number of nitriles is 2. The number of benzene rings is 2. The second-order valence-corrected chi connectivity index (χ2v) is 10.9. The van der Waals surface area contributed by atoms with E-state index in [0.29, 0.717) is 6.04 Å². The molecule has 0 aliphatic carbocycles. The Morgan fingerprint density at radius 3 is 1.71 bits per heavy atom. The van der Waals surface area contributed by atoms with Gasteiger partial charge in [-0.15, -0.1) is 0 Å². The fourth-order valence-corrected chi connectivity index (χ4v) is 5.28. The first kappa shape index (κ1) is 26.9. The van der Waals surface area contributed by atoms with Crippen molar-refractivity contribution < 1.29 is 0 Å². The predicted octanol–water partition coefficient (Wildman–Crippen LogP) is 6.10. The molecule has 35 heavy (non-hydrogen) atoms. The van der Waals surface area contributed by atoms with Crippen LogP contribution >= 0.6 is 0 Å². The van der Waals surface area contributed by atoms with Crippen LogP contribution in [0.15, 0.2) is 60.7 Å². The minimum absolute atomic E-state index is 0.0960. The lowest BCUT2D eigenvalue weighted by atomic mass is 9.75. The average molecular weight is 471 g/mol. The molecule has 0 bridgehead atoms. The Morgan fingerprint density at radius 2 is 1.23 bits per heavy atom. The topological polar surface area (TPSA) is 54.1 Å². The molecule has 4 rings (SSSR count). The molecule has 4 heteroatoms. The third-order valence-electron chi connectivity index (χ3n) is 8.02. The van der Waals surface area contributed by atoms with Gasteiger partial charge < -0.3 is 9.80 Å². The summed E-state index contributed by atoms with van der Waals surface area (Å²) in [5, 5.41) is 19.0. The SMILES string of the molecule is CC(C)N1CCC(C#N)(CCc2ccccc2)CC1.CN1CCC(C#N)(Cc2ccccc2)CC1. The van der Waals surface area contributed by atoms with Gasteiger partial charge in [-0.25, -0.2) is 0 Å². The maximum absolute atomic E-state index is 9.58. The molecule has 0 N–H and O–H groups in total. The van der Waals surface area contributed by atoms with Crippen LogP contribution in [0, 0.1) is 33.5 Å². The van der Waals surface area contributed by atoms with E-state index in [2.05, 4.69) is 91.4 Å². The normalized spacial score (nSPS) is 19.7. The van der Waals surface area contributed by atoms with Crippen LogP contribution in [-0.2, 0) is 12.8 Å². The van der Waals surface area contributed by atoms with E-state index >= 15 is 0 Å². The number of hydrogen-bond donors (Lipinski definition) is 0. The maximum atomic E-state index is 9.58. The standard InChI is InChI=1S/C17H24N2.C14H18N2/c1-15(2)19-12-10-17(14-18,11-13-19)9-8-16-6-4-3-5-7-16;1-16-9-7-14(12-15,8-10-16)11-13-5-3-2-4-6-13/h3-7,15H,8-13H2,1-2H3;2-6H,7-11H2,1H3. The van der Waals surface area contributed by atoms with Crippen molar-refractivity contribution in [3.8, 4) is 12.1 Å². The van der Waals surface area contributed by atoms with Gasteiger partial charge in [-0.3, -0.25) is 0 Å². The van der Waals surface area contributed by atoms with Crippen molar-refractivity contribution in [3.05, 3.63) is 71.8 Å². The molecular formula is C31H42N4. The Morgan fingerprint density at radius 1 is 0.743 bits per heavy atom. The van der Waals surface area contributed by atoms with E-state index in [0.717, 1.165) is 71.1 Å². The molecule has 2 fully saturated rings. The molecule has 0 unspecified atom stereocenters. The molecule has 2 aromatic carbocycles. The lowest BCUT2D eigenvalue weighted by molar-refractivity contribution is 0.112. The summed E-state index contributed by atoms with van der Waals surface area (Å²) in [7, 11) is 2.13. The molecule has 2 aliphatic heterocycles. The van der Waals surface area contributed by atoms with Gasteiger partial charge in [0.05, 0.1) is 23.0 Å². The van der Waals surface area contributed by atoms with E-state index in [1.807, 2.05) is 12.1 Å². The minimum atomic E-state index is -0.131. The minimum Gasteiger partial charge on any atom is -0.306 e. The van der Waals surface area contributed by atoms with Gasteiger partial charge in [0.15, 0.2) is 0 Å². The lowest BCUT2D eigenvalue weighted by Gasteiger charge is -2.39. The number of likely N-dealkylation sites (tertiary alicyclic amines) is 2. The van der Waals surface area contributed by atoms with Gasteiger partial charge in [-0.1, -0.05) is 60.7 Å². The Balaban J connectivity index is 0.000000198. The number of piperidine rings is 2. The Hall–Kier alpha value is -2.66. The fraction of sp³-hybridized carbons (Fsp3) is 0.548. The zero-order valence-corrected chi connectivity index (χ0v) is 21.9. The van der Waals surface area contributed by atoms with Crippen LogP contribution in [0.1, 0.15) is 57.1 Å². The van der Waals surface area contributed by atoms with E-state index in [1.54, 1.807) is 0 Å². The first-order chi connectivity index (χ1) is 16.9. The highest BCUT2D eigenvalue weighted by atomic mass is 15.2.